The summed E-state index contributed by atoms with van der Waals surface area (Å²) < 4.78 is 11.3. The summed E-state index contributed by atoms with van der Waals surface area (Å²) in [4.78, 5) is 27.7. The van der Waals surface area contributed by atoms with Crippen LogP contribution in [0.2, 0.25) is 5.02 Å². The van der Waals surface area contributed by atoms with Crippen LogP contribution in [0.4, 0.5) is 5.69 Å². The van der Waals surface area contributed by atoms with Crippen molar-refractivity contribution in [2.24, 2.45) is 0 Å². The van der Waals surface area contributed by atoms with Gasteiger partial charge in [0.1, 0.15) is 29.1 Å². The number of carbonyl (C=O) groups excluding carboxylic acids is 2. The van der Waals surface area contributed by atoms with Crippen LogP contribution in [0.25, 0.3) is 5.76 Å². The Labute approximate surface area is 197 Å². The van der Waals surface area contributed by atoms with Gasteiger partial charge in [0.05, 0.1) is 17.2 Å². The molecule has 1 N–H and O–H groups in total. The number of aliphatic hydroxyl groups excluding tert-OH is 1. The van der Waals surface area contributed by atoms with Crippen LogP contribution in [-0.2, 0) is 16.0 Å². The van der Waals surface area contributed by atoms with Crippen LogP contribution >= 0.6 is 11.6 Å². The van der Waals surface area contributed by atoms with Crippen molar-refractivity contribution in [1.29, 1.82) is 0 Å². The zero-order valence-corrected chi connectivity index (χ0v) is 19.3. The van der Waals surface area contributed by atoms with E-state index < -0.39 is 17.7 Å². The average Bonchev–Trinajstić information content (AvgIpc) is 3.36. The molecule has 1 amide bonds. The van der Waals surface area contributed by atoms with Gasteiger partial charge in [0.2, 0.25) is 0 Å². The first kappa shape index (κ1) is 22.7. The van der Waals surface area contributed by atoms with E-state index in [0.717, 1.165) is 12.0 Å². The van der Waals surface area contributed by atoms with E-state index in [1.165, 1.54) is 4.90 Å². The molecule has 170 valence electrons. The highest BCUT2D eigenvalue weighted by molar-refractivity contribution is 6.51. The van der Waals surface area contributed by atoms with E-state index in [0.29, 0.717) is 40.2 Å². The maximum atomic E-state index is 13.2. The van der Waals surface area contributed by atoms with Crippen molar-refractivity contribution < 1.29 is 23.8 Å². The summed E-state index contributed by atoms with van der Waals surface area (Å²) in [6, 6.07) is 14.7. The van der Waals surface area contributed by atoms with E-state index >= 15 is 0 Å². The monoisotopic (exact) mass is 465 g/mol. The molecule has 4 rings (SSSR count). The highest BCUT2D eigenvalue weighted by Gasteiger charge is 2.48. The van der Waals surface area contributed by atoms with Crippen molar-refractivity contribution in [3.05, 3.63) is 87.8 Å². The van der Waals surface area contributed by atoms with Gasteiger partial charge in [-0.1, -0.05) is 30.7 Å². The number of carbonyl (C=O) groups is 2. The average molecular weight is 466 g/mol. The van der Waals surface area contributed by atoms with Crippen LogP contribution in [-0.4, -0.2) is 23.4 Å². The van der Waals surface area contributed by atoms with Crippen LogP contribution in [0.5, 0.6) is 5.75 Å². The second kappa shape index (κ2) is 9.16. The number of ether oxygens (including phenoxy) is 1. The topological polar surface area (TPSA) is 80.0 Å². The first-order valence-corrected chi connectivity index (χ1v) is 11.1. The minimum absolute atomic E-state index is 0.0568. The Kier molecular flexibility index (Phi) is 6.29. The van der Waals surface area contributed by atoms with Crippen LogP contribution in [0.15, 0.2) is 64.6 Å². The van der Waals surface area contributed by atoms with Crippen molar-refractivity contribution in [2.45, 2.75) is 33.2 Å². The van der Waals surface area contributed by atoms with E-state index in [1.54, 1.807) is 49.4 Å². The first-order chi connectivity index (χ1) is 15.8. The van der Waals surface area contributed by atoms with E-state index in [2.05, 4.69) is 0 Å². The molecule has 7 heteroatoms. The van der Waals surface area contributed by atoms with Gasteiger partial charge in [0, 0.05) is 11.3 Å². The van der Waals surface area contributed by atoms with Crippen molar-refractivity contribution >= 4 is 34.7 Å². The molecule has 2 aromatic carbocycles. The van der Waals surface area contributed by atoms with Gasteiger partial charge in [0.25, 0.3) is 11.7 Å². The number of ketones is 1. The molecule has 1 unspecified atom stereocenters. The molecule has 3 aromatic rings. The van der Waals surface area contributed by atoms with Gasteiger partial charge in [-0.25, -0.2) is 0 Å². The Morgan fingerprint density at radius 2 is 1.82 bits per heavy atom. The summed E-state index contributed by atoms with van der Waals surface area (Å²) >= 11 is 6.18. The lowest BCUT2D eigenvalue weighted by Gasteiger charge is -2.23. The predicted octanol–water partition coefficient (Wildman–Crippen LogP) is 5.83. The van der Waals surface area contributed by atoms with Crippen molar-refractivity contribution in [3.63, 3.8) is 0 Å². The van der Waals surface area contributed by atoms with Gasteiger partial charge in [-0.05, 0) is 68.3 Å². The van der Waals surface area contributed by atoms with Gasteiger partial charge < -0.3 is 14.3 Å². The third-order valence-corrected chi connectivity index (χ3v) is 5.91. The largest absolute Gasteiger partial charge is 0.507 e. The number of hydrogen-bond acceptors (Lipinski definition) is 5. The smallest absolute Gasteiger partial charge is 0.300 e. The summed E-state index contributed by atoms with van der Waals surface area (Å²) in [5.74, 6) is -0.470. The van der Waals surface area contributed by atoms with Gasteiger partial charge in [-0.3, -0.25) is 14.5 Å². The highest BCUT2D eigenvalue weighted by atomic mass is 35.5. The predicted molar refractivity (Wildman–Crippen MR) is 127 cm³/mol. The fraction of sp³-hybridized carbons (Fsp3) is 0.231. The number of nitrogens with zero attached hydrogens (tertiary/aromatic N) is 1. The minimum atomic E-state index is -0.919. The molecule has 1 atom stereocenters. The fourth-order valence-electron chi connectivity index (χ4n) is 3.93. The quantitative estimate of drug-likeness (QED) is 0.281. The summed E-state index contributed by atoms with van der Waals surface area (Å²) in [7, 11) is 0. The molecule has 0 saturated carbocycles. The second-order valence-electron chi connectivity index (χ2n) is 7.72. The molecule has 0 spiro atoms. The highest BCUT2D eigenvalue weighted by Crippen LogP contribution is 2.43. The summed E-state index contributed by atoms with van der Waals surface area (Å²) in [6.07, 6.45) is 0.846. The standard InChI is InChI=1S/C26H24ClNO5/c1-4-16-7-10-18(11-8-16)28-23(20-13-6-15(3)33-20)22(25(30)26(28)31)24(29)17-9-12-19(27)21(14-17)32-5-2/h6-14,23,29H,4-5H2,1-3H3/b24-22-. The Bertz CT molecular complexity index is 1240. The zero-order valence-electron chi connectivity index (χ0n) is 18.6. The Balaban J connectivity index is 1.89. The molecule has 1 aromatic heterocycles. The van der Waals surface area contributed by atoms with Crippen molar-refractivity contribution in [1.82, 2.24) is 0 Å². The number of halogens is 1. The van der Waals surface area contributed by atoms with E-state index in [1.807, 2.05) is 26.0 Å². The Hall–Kier alpha value is -3.51. The molecular formula is C26H24ClNO5. The van der Waals surface area contributed by atoms with E-state index in [9.17, 15) is 14.7 Å². The molecule has 6 nitrogen and oxygen atoms in total. The number of aryl methyl sites for hydroxylation is 2. The molecule has 1 fully saturated rings. The van der Waals surface area contributed by atoms with E-state index in [4.69, 9.17) is 20.8 Å². The SMILES string of the molecule is CCOc1cc(/C(O)=C2/C(=O)C(=O)N(c3ccc(CC)cc3)C2c2ccc(C)o2)ccc1Cl. The molecular weight excluding hydrogens is 442 g/mol. The minimum Gasteiger partial charge on any atom is -0.507 e. The molecule has 1 aliphatic rings. The lowest BCUT2D eigenvalue weighted by atomic mass is 9.99. The Morgan fingerprint density at radius 3 is 2.42 bits per heavy atom. The molecule has 33 heavy (non-hydrogen) atoms. The Morgan fingerprint density at radius 1 is 1.09 bits per heavy atom. The number of hydrogen-bond donors (Lipinski definition) is 1. The molecule has 0 radical (unpaired) electrons. The number of amides is 1. The molecule has 2 heterocycles. The lowest BCUT2D eigenvalue weighted by molar-refractivity contribution is -0.132. The van der Waals surface area contributed by atoms with Crippen molar-refractivity contribution in [2.75, 3.05) is 11.5 Å². The third-order valence-electron chi connectivity index (χ3n) is 5.60. The number of aliphatic hydroxyl groups is 1. The zero-order chi connectivity index (χ0) is 23.7. The maximum Gasteiger partial charge on any atom is 0.300 e. The fourth-order valence-corrected chi connectivity index (χ4v) is 4.11. The number of anilines is 1. The summed E-state index contributed by atoms with van der Waals surface area (Å²) in [6.45, 7) is 6.01. The van der Waals surface area contributed by atoms with Gasteiger partial charge >= 0.3 is 0 Å². The normalized spacial score (nSPS) is 17.6. The van der Waals surface area contributed by atoms with Crippen LogP contribution < -0.4 is 9.64 Å². The van der Waals surface area contributed by atoms with Gasteiger partial charge in [-0.2, -0.15) is 0 Å². The summed E-state index contributed by atoms with van der Waals surface area (Å²) in [5, 5.41) is 11.6. The van der Waals surface area contributed by atoms with Gasteiger partial charge in [0.15, 0.2) is 0 Å². The number of rotatable bonds is 6. The van der Waals surface area contributed by atoms with Crippen LogP contribution in [0, 0.1) is 6.92 Å². The second-order valence-corrected chi connectivity index (χ2v) is 8.12. The first-order valence-electron chi connectivity index (χ1n) is 10.7. The molecule has 0 bridgehead atoms. The van der Waals surface area contributed by atoms with Crippen molar-refractivity contribution in [3.8, 4) is 5.75 Å². The molecule has 0 aliphatic carbocycles. The number of furan rings is 1. The number of Topliss-reactive ketones (excluding diaryl/α,β-unsaturated/α-hetero) is 1. The van der Waals surface area contributed by atoms with Crippen LogP contribution in [0.1, 0.15) is 42.5 Å². The van der Waals surface area contributed by atoms with E-state index in [-0.39, 0.29) is 11.3 Å². The summed E-state index contributed by atoms with van der Waals surface area (Å²) in [5.41, 5.74) is 1.90. The lowest BCUT2D eigenvalue weighted by Crippen LogP contribution is -2.29. The molecule has 1 saturated heterocycles. The number of benzene rings is 2. The third kappa shape index (κ3) is 4.14. The van der Waals surface area contributed by atoms with Crippen LogP contribution in [0.3, 0.4) is 0 Å². The molecule has 1 aliphatic heterocycles. The maximum absolute atomic E-state index is 13.2. The van der Waals surface area contributed by atoms with Gasteiger partial charge in [-0.15, -0.1) is 0 Å².